The second-order valence-corrected chi connectivity index (χ2v) is 8.02. The number of aryl methyl sites for hydroxylation is 1. The molecule has 0 radical (unpaired) electrons. The van der Waals surface area contributed by atoms with Crippen LogP contribution in [0.2, 0.25) is 0 Å². The number of hydrogen-bond acceptors (Lipinski definition) is 4. The fourth-order valence-corrected chi connectivity index (χ4v) is 4.36. The minimum absolute atomic E-state index is 0.107. The Bertz CT molecular complexity index is 685. The van der Waals surface area contributed by atoms with Gasteiger partial charge in [0.1, 0.15) is 5.75 Å². The van der Waals surface area contributed by atoms with E-state index in [0.717, 1.165) is 25.5 Å². The number of rotatable bonds is 4. The Morgan fingerprint density at radius 1 is 1.23 bits per heavy atom. The quantitative estimate of drug-likeness (QED) is 0.920. The van der Waals surface area contributed by atoms with Crippen LogP contribution < -0.4 is 4.74 Å². The van der Waals surface area contributed by atoms with Crippen molar-refractivity contribution in [1.29, 1.82) is 0 Å². The second-order valence-electron chi connectivity index (χ2n) is 6.04. The van der Waals surface area contributed by atoms with E-state index < -0.39 is 21.2 Å². The lowest BCUT2D eigenvalue weighted by molar-refractivity contribution is -0.145. The topological polar surface area (TPSA) is 80.7 Å². The summed E-state index contributed by atoms with van der Waals surface area (Å²) in [5.41, 5.74) is -0.0925. The summed E-state index contributed by atoms with van der Waals surface area (Å²) in [4.78, 5) is 12.1. The number of benzene rings is 1. The molecule has 1 fully saturated rings. The van der Waals surface area contributed by atoms with Crippen molar-refractivity contribution in [3.8, 4) is 5.75 Å². The highest BCUT2D eigenvalue weighted by Crippen LogP contribution is 2.44. The smallest absolute Gasteiger partial charge is 0.314 e. The molecule has 0 atom stereocenters. The summed E-state index contributed by atoms with van der Waals surface area (Å²) in [7, 11) is -2.02. The number of carbonyl (C=O) groups is 1. The largest absolute Gasteiger partial charge is 0.496 e. The maximum Gasteiger partial charge on any atom is 0.314 e. The molecule has 0 amide bonds. The van der Waals surface area contributed by atoms with Gasteiger partial charge in [-0.2, -0.15) is 0 Å². The van der Waals surface area contributed by atoms with Crippen molar-refractivity contribution in [3.63, 3.8) is 0 Å². The molecule has 0 spiro atoms. The molecular weight excluding hydrogens is 304 g/mol. The minimum atomic E-state index is -3.52. The van der Waals surface area contributed by atoms with Crippen LogP contribution in [0.3, 0.4) is 0 Å². The van der Waals surface area contributed by atoms with Gasteiger partial charge in [0, 0.05) is 6.26 Å². The lowest BCUT2D eigenvalue weighted by Gasteiger charge is -2.35. The maximum absolute atomic E-state index is 12.2. The number of carboxylic acid groups (broad SMARTS) is 1. The fraction of sp³-hybridized carbons (Fsp3) is 0.562. The molecule has 0 unspecified atom stereocenters. The Labute approximate surface area is 131 Å². The third kappa shape index (κ3) is 2.84. The van der Waals surface area contributed by atoms with E-state index in [4.69, 9.17) is 4.74 Å². The van der Waals surface area contributed by atoms with Crippen molar-refractivity contribution in [1.82, 2.24) is 0 Å². The first-order chi connectivity index (χ1) is 10.2. The lowest BCUT2D eigenvalue weighted by atomic mass is 9.69. The zero-order valence-corrected chi connectivity index (χ0v) is 14.0. The van der Waals surface area contributed by atoms with Gasteiger partial charge in [-0.1, -0.05) is 19.3 Å². The van der Waals surface area contributed by atoms with E-state index in [1.165, 1.54) is 13.2 Å². The standard InChI is InChI=1S/C16H22O5S/c1-11-9-14(22(3,19)20)12(10-13(11)21-2)16(15(17)18)7-5-4-6-8-16/h9-10H,4-8H2,1-3H3,(H,17,18). The SMILES string of the molecule is COc1cc(C2(C(=O)O)CCCCC2)c(S(C)(=O)=O)cc1C. The van der Waals surface area contributed by atoms with Gasteiger partial charge in [-0.25, -0.2) is 8.42 Å². The third-order valence-corrected chi connectivity index (χ3v) is 5.67. The molecule has 5 nitrogen and oxygen atoms in total. The second kappa shape index (κ2) is 5.91. The van der Waals surface area contributed by atoms with Gasteiger partial charge in [0.2, 0.25) is 0 Å². The van der Waals surface area contributed by atoms with Gasteiger partial charge in [-0.15, -0.1) is 0 Å². The lowest BCUT2D eigenvalue weighted by Crippen LogP contribution is -2.39. The molecule has 2 rings (SSSR count). The highest BCUT2D eigenvalue weighted by atomic mass is 32.2. The van der Waals surface area contributed by atoms with Crippen molar-refractivity contribution in [2.24, 2.45) is 0 Å². The van der Waals surface area contributed by atoms with Crippen LogP contribution in [0.4, 0.5) is 0 Å². The van der Waals surface area contributed by atoms with E-state index in [-0.39, 0.29) is 4.90 Å². The predicted octanol–water partition coefficient (Wildman–Crippen LogP) is 2.69. The molecule has 6 heteroatoms. The fourth-order valence-electron chi connectivity index (χ4n) is 3.32. The molecule has 0 heterocycles. The highest BCUT2D eigenvalue weighted by Gasteiger charge is 2.44. The van der Waals surface area contributed by atoms with Crippen LogP contribution in [0.5, 0.6) is 5.75 Å². The van der Waals surface area contributed by atoms with Gasteiger partial charge < -0.3 is 9.84 Å². The number of sulfone groups is 1. The number of aliphatic carboxylic acids is 1. The van der Waals surface area contributed by atoms with Crippen LogP contribution in [0, 0.1) is 6.92 Å². The van der Waals surface area contributed by atoms with E-state index in [1.807, 2.05) is 0 Å². The molecular formula is C16H22O5S. The van der Waals surface area contributed by atoms with Gasteiger partial charge in [-0.3, -0.25) is 4.79 Å². The Morgan fingerprint density at radius 2 is 1.82 bits per heavy atom. The Balaban J connectivity index is 2.78. The van der Waals surface area contributed by atoms with Crippen LogP contribution in [-0.2, 0) is 20.0 Å². The van der Waals surface area contributed by atoms with Gasteiger partial charge in [0.05, 0.1) is 17.4 Å². The summed E-state index contributed by atoms with van der Waals surface area (Å²) in [5.74, 6) is -0.434. The Kier molecular flexibility index (Phi) is 4.52. The Hall–Kier alpha value is -1.56. The molecule has 1 saturated carbocycles. The molecule has 1 aliphatic rings. The molecule has 0 bridgehead atoms. The molecule has 1 N–H and O–H groups in total. The van der Waals surface area contributed by atoms with Crippen molar-refractivity contribution < 1.29 is 23.1 Å². The molecule has 0 aliphatic heterocycles. The minimum Gasteiger partial charge on any atom is -0.496 e. The number of hydrogen-bond donors (Lipinski definition) is 1. The summed E-state index contributed by atoms with van der Waals surface area (Å²) in [6.07, 6.45) is 4.58. The van der Waals surface area contributed by atoms with Crippen molar-refractivity contribution in [2.45, 2.75) is 49.3 Å². The van der Waals surface area contributed by atoms with Crippen LogP contribution >= 0.6 is 0 Å². The van der Waals surface area contributed by atoms with Crippen molar-refractivity contribution >= 4 is 15.8 Å². The molecule has 1 aliphatic carbocycles. The van der Waals surface area contributed by atoms with E-state index in [0.29, 0.717) is 29.7 Å². The van der Waals surface area contributed by atoms with Gasteiger partial charge in [0.25, 0.3) is 0 Å². The monoisotopic (exact) mass is 326 g/mol. The summed E-state index contributed by atoms with van der Waals surface area (Å²) < 4.78 is 29.6. The molecule has 1 aromatic carbocycles. The molecule has 1 aromatic rings. The number of carboxylic acids is 1. The average Bonchev–Trinajstić information content (AvgIpc) is 2.46. The number of ether oxygens (including phenoxy) is 1. The van der Waals surface area contributed by atoms with Gasteiger partial charge >= 0.3 is 5.97 Å². The summed E-state index contributed by atoms with van der Waals surface area (Å²) in [6.45, 7) is 1.76. The van der Waals surface area contributed by atoms with Crippen LogP contribution in [-0.4, -0.2) is 32.9 Å². The van der Waals surface area contributed by atoms with E-state index in [1.54, 1.807) is 13.0 Å². The number of methoxy groups -OCH3 is 1. The molecule has 22 heavy (non-hydrogen) atoms. The van der Waals surface area contributed by atoms with E-state index >= 15 is 0 Å². The first-order valence-electron chi connectivity index (χ1n) is 7.35. The summed E-state index contributed by atoms with van der Waals surface area (Å²) >= 11 is 0. The maximum atomic E-state index is 12.2. The van der Waals surface area contributed by atoms with E-state index in [9.17, 15) is 18.3 Å². The van der Waals surface area contributed by atoms with Crippen molar-refractivity contribution in [2.75, 3.05) is 13.4 Å². The Morgan fingerprint density at radius 3 is 2.27 bits per heavy atom. The predicted molar refractivity (Wildman–Crippen MR) is 83.2 cm³/mol. The first-order valence-corrected chi connectivity index (χ1v) is 9.24. The first kappa shape index (κ1) is 16.8. The highest BCUT2D eigenvalue weighted by molar-refractivity contribution is 7.90. The van der Waals surface area contributed by atoms with Crippen LogP contribution in [0.25, 0.3) is 0 Å². The van der Waals surface area contributed by atoms with Crippen LogP contribution in [0.15, 0.2) is 17.0 Å². The normalized spacial score (nSPS) is 18.0. The summed E-state index contributed by atoms with van der Waals surface area (Å²) in [5, 5.41) is 9.83. The third-order valence-electron chi connectivity index (χ3n) is 4.53. The van der Waals surface area contributed by atoms with E-state index in [2.05, 4.69) is 0 Å². The molecule has 122 valence electrons. The van der Waals surface area contributed by atoms with Crippen LogP contribution in [0.1, 0.15) is 43.2 Å². The van der Waals surface area contributed by atoms with Gasteiger partial charge in [-0.05, 0) is 43.0 Å². The molecule has 0 saturated heterocycles. The molecule has 0 aromatic heterocycles. The summed E-state index contributed by atoms with van der Waals surface area (Å²) in [6, 6.07) is 3.13. The average molecular weight is 326 g/mol. The zero-order valence-electron chi connectivity index (χ0n) is 13.2. The van der Waals surface area contributed by atoms with Gasteiger partial charge in [0.15, 0.2) is 9.84 Å². The zero-order chi connectivity index (χ0) is 16.5. The van der Waals surface area contributed by atoms with Crippen molar-refractivity contribution in [3.05, 3.63) is 23.3 Å².